The second-order valence-corrected chi connectivity index (χ2v) is 6.93. The van der Waals surface area contributed by atoms with Crippen LogP contribution in [0.5, 0.6) is 0 Å². The van der Waals surface area contributed by atoms with E-state index in [4.69, 9.17) is 4.74 Å². The lowest BCUT2D eigenvalue weighted by molar-refractivity contribution is -0.145. The zero-order valence-electron chi connectivity index (χ0n) is 12.5. The van der Waals surface area contributed by atoms with Gasteiger partial charge in [0.25, 0.3) is 0 Å². The van der Waals surface area contributed by atoms with Gasteiger partial charge in [-0.25, -0.2) is 13.1 Å². The highest BCUT2D eigenvalue weighted by molar-refractivity contribution is 7.90. The van der Waals surface area contributed by atoms with E-state index in [-0.39, 0.29) is 18.9 Å². The summed E-state index contributed by atoms with van der Waals surface area (Å²) >= 11 is 0. The predicted molar refractivity (Wildman–Crippen MR) is 75.9 cm³/mol. The Hall–Kier alpha value is -1.15. The molecular weight excluding hydrogens is 298 g/mol. The van der Waals surface area contributed by atoms with Crippen LogP contribution in [0.15, 0.2) is 0 Å². The summed E-state index contributed by atoms with van der Waals surface area (Å²) < 4.78 is 36.3. The Bertz CT molecular complexity index is 461. The molecule has 0 aromatic carbocycles. The Morgan fingerprint density at radius 2 is 2.00 bits per heavy atom. The van der Waals surface area contributed by atoms with E-state index >= 15 is 0 Å². The standard InChI is InChI=1S/C13H23NO6S/c1-3-20-12(15)8-5-9-14-21(17,18)11-7-4-6-10(11)13(16)19-2/h10-11,14H,3-9H2,1-2H3. The van der Waals surface area contributed by atoms with E-state index in [1.54, 1.807) is 6.92 Å². The first-order valence-corrected chi connectivity index (χ1v) is 8.69. The van der Waals surface area contributed by atoms with Crippen LogP contribution in [0, 0.1) is 5.92 Å². The monoisotopic (exact) mass is 321 g/mol. The van der Waals surface area contributed by atoms with E-state index < -0.39 is 27.2 Å². The van der Waals surface area contributed by atoms with Gasteiger partial charge >= 0.3 is 11.9 Å². The van der Waals surface area contributed by atoms with Crippen molar-refractivity contribution in [3.05, 3.63) is 0 Å². The smallest absolute Gasteiger partial charge is 0.310 e. The number of carbonyl (C=O) groups excluding carboxylic acids is 2. The first-order valence-electron chi connectivity index (χ1n) is 7.14. The van der Waals surface area contributed by atoms with Crippen LogP contribution in [0.3, 0.4) is 0 Å². The number of hydrogen-bond donors (Lipinski definition) is 1. The molecule has 0 aromatic rings. The molecule has 1 fully saturated rings. The summed E-state index contributed by atoms with van der Waals surface area (Å²) in [5, 5.41) is -0.743. The fourth-order valence-electron chi connectivity index (χ4n) is 2.51. The SMILES string of the molecule is CCOC(=O)CCCNS(=O)(=O)C1CCCC1C(=O)OC. The molecule has 1 saturated carbocycles. The maximum atomic E-state index is 12.2. The number of methoxy groups -OCH3 is 1. The van der Waals surface area contributed by atoms with E-state index in [0.717, 1.165) is 0 Å². The molecule has 8 heteroatoms. The Morgan fingerprint density at radius 3 is 2.62 bits per heavy atom. The number of hydrogen-bond acceptors (Lipinski definition) is 6. The molecule has 0 aliphatic heterocycles. The Labute approximate surface area is 125 Å². The topological polar surface area (TPSA) is 98.8 Å². The summed E-state index contributed by atoms with van der Waals surface area (Å²) in [6.45, 7) is 2.19. The average Bonchev–Trinajstić information content (AvgIpc) is 2.93. The van der Waals surface area contributed by atoms with Crippen LogP contribution in [0.1, 0.15) is 39.0 Å². The highest BCUT2D eigenvalue weighted by atomic mass is 32.2. The third kappa shape index (κ3) is 5.28. The van der Waals surface area contributed by atoms with Crippen molar-refractivity contribution in [1.29, 1.82) is 0 Å². The molecule has 0 spiro atoms. The van der Waals surface area contributed by atoms with Crippen LogP contribution in [0.4, 0.5) is 0 Å². The van der Waals surface area contributed by atoms with Crippen molar-refractivity contribution >= 4 is 22.0 Å². The molecule has 0 bridgehead atoms. The van der Waals surface area contributed by atoms with Gasteiger partial charge in [-0.2, -0.15) is 0 Å². The van der Waals surface area contributed by atoms with Crippen molar-refractivity contribution in [3.63, 3.8) is 0 Å². The lowest BCUT2D eigenvalue weighted by Gasteiger charge is -2.18. The second kappa shape index (κ2) is 8.33. The molecule has 7 nitrogen and oxygen atoms in total. The fourth-order valence-corrected chi connectivity index (χ4v) is 4.31. The zero-order valence-corrected chi connectivity index (χ0v) is 13.3. The number of carbonyl (C=O) groups is 2. The Balaban J connectivity index is 2.46. The largest absolute Gasteiger partial charge is 0.469 e. The Morgan fingerprint density at radius 1 is 1.29 bits per heavy atom. The zero-order chi connectivity index (χ0) is 15.9. The van der Waals surface area contributed by atoms with Crippen LogP contribution in [-0.2, 0) is 29.1 Å². The van der Waals surface area contributed by atoms with Crippen LogP contribution in [0.2, 0.25) is 0 Å². The number of rotatable bonds is 8. The molecule has 0 heterocycles. The van der Waals surface area contributed by atoms with Gasteiger partial charge in [-0.15, -0.1) is 0 Å². The van der Waals surface area contributed by atoms with E-state index in [2.05, 4.69) is 9.46 Å². The molecule has 2 unspecified atom stereocenters. The second-order valence-electron chi connectivity index (χ2n) is 4.95. The van der Waals surface area contributed by atoms with Crippen molar-refractivity contribution in [2.45, 2.75) is 44.3 Å². The van der Waals surface area contributed by atoms with Gasteiger partial charge in [-0.3, -0.25) is 9.59 Å². The van der Waals surface area contributed by atoms with Gasteiger partial charge in [0.15, 0.2) is 0 Å². The van der Waals surface area contributed by atoms with Crippen molar-refractivity contribution in [1.82, 2.24) is 4.72 Å². The summed E-state index contributed by atoms with van der Waals surface area (Å²) in [7, 11) is -2.32. The van der Waals surface area contributed by atoms with Gasteiger partial charge in [0.2, 0.25) is 10.0 Å². The minimum atomic E-state index is -3.58. The van der Waals surface area contributed by atoms with Crippen LogP contribution in [-0.4, -0.2) is 45.9 Å². The molecule has 0 saturated heterocycles. The maximum Gasteiger partial charge on any atom is 0.310 e. The molecule has 0 aromatic heterocycles. The molecule has 1 N–H and O–H groups in total. The predicted octanol–water partition coefficient (Wildman–Crippen LogP) is 0.591. The number of esters is 2. The van der Waals surface area contributed by atoms with Gasteiger partial charge < -0.3 is 9.47 Å². The quantitative estimate of drug-likeness (QED) is 0.519. The first kappa shape index (κ1) is 17.9. The number of sulfonamides is 1. The molecule has 1 rings (SSSR count). The van der Waals surface area contributed by atoms with Gasteiger partial charge in [-0.1, -0.05) is 6.42 Å². The number of ether oxygens (including phenoxy) is 2. The minimum absolute atomic E-state index is 0.158. The molecule has 0 radical (unpaired) electrons. The summed E-state index contributed by atoms with van der Waals surface area (Å²) in [5.41, 5.74) is 0. The molecular formula is C13H23NO6S. The van der Waals surface area contributed by atoms with Crippen molar-refractivity contribution in [2.75, 3.05) is 20.3 Å². The van der Waals surface area contributed by atoms with E-state index in [9.17, 15) is 18.0 Å². The normalized spacial score (nSPS) is 22.0. The van der Waals surface area contributed by atoms with E-state index in [1.165, 1.54) is 7.11 Å². The van der Waals surface area contributed by atoms with Gasteiger partial charge in [0, 0.05) is 13.0 Å². The highest BCUT2D eigenvalue weighted by Gasteiger charge is 2.41. The molecule has 122 valence electrons. The van der Waals surface area contributed by atoms with Crippen molar-refractivity contribution in [3.8, 4) is 0 Å². The van der Waals surface area contributed by atoms with Crippen molar-refractivity contribution < 1.29 is 27.5 Å². The van der Waals surface area contributed by atoms with Crippen LogP contribution in [0.25, 0.3) is 0 Å². The molecule has 21 heavy (non-hydrogen) atoms. The van der Waals surface area contributed by atoms with Crippen LogP contribution < -0.4 is 4.72 Å². The van der Waals surface area contributed by atoms with Gasteiger partial charge in [-0.05, 0) is 26.2 Å². The first-order chi connectivity index (χ1) is 9.92. The molecule has 2 atom stereocenters. The minimum Gasteiger partial charge on any atom is -0.469 e. The lowest BCUT2D eigenvalue weighted by Crippen LogP contribution is -2.39. The van der Waals surface area contributed by atoms with Crippen LogP contribution >= 0.6 is 0 Å². The summed E-state index contributed by atoms with van der Waals surface area (Å²) in [6, 6.07) is 0. The van der Waals surface area contributed by atoms with Gasteiger partial charge in [0.05, 0.1) is 24.9 Å². The molecule has 1 aliphatic carbocycles. The summed E-state index contributed by atoms with van der Waals surface area (Å²) in [4.78, 5) is 22.7. The highest BCUT2D eigenvalue weighted by Crippen LogP contribution is 2.31. The van der Waals surface area contributed by atoms with Crippen molar-refractivity contribution in [2.24, 2.45) is 5.92 Å². The lowest BCUT2D eigenvalue weighted by atomic mass is 10.1. The fraction of sp³-hybridized carbons (Fsp3) is 0.846. The average molecular weight is 321 g/mol. The third-order valence-electron chi connectivity index (χ3n) is 3.52. The summed E-state index contributed by atoms with van der Waals surface area (Å²) in [6.07, 6.45) is 2.21. The van der Waals surface area contributed by atoms with E-state index in [1.807, 2.05) is 0 Å². The van der Waals surface area contributed by atoms with E-state index in [0.29, 0.717) is 32.3 Å². The third-order valence-corrected chi connectivity index (χ3v) is 5.49. The Kier molecular flexibility index (Phi) is 7.10. The van der Waals surface area contributed by atoms with Gasteiger partial charge in [0.1, 0.15) is 0 Å². The summed E-state index contributed by atoms with van der Waals surface area (Å²) in [5.74, 6) is -1.42. The maximum absolute atomic E-state index is 12.2. The molecule has 0 amide bonds. The molecule has 1 aliphatic rings. The number of nitrogens with one attached hydrogen (secondary N) is 1.